The minimum Gasteiger partial charge on any atom is -0.490 e. The molecule has 6 nitrogen and oxygen atoms in total. The Morgan fingerprint density at radius 3 is 3.07 bits per heavy atom. The normalized spacial score (nSPS) is 13.5. The van der Waals surface area contributed by atoms with Crippen molar-refractivity contribution in [2.75, 3.05) is 23.8 Å². The summed E-state index contributed by atoms with van der Waals surface area (Å²) in [4.78, 5) is 26.6. The Bertz CT molecular complexity index is 1260. The van der Waals surface area contributed by atoms with Crippen LogP contribution in [0.25, 0.3) is 21.9 Å². The van der Waals surface area contributed by atoms with Crippen molar-refractivity contribution in [3.05, 3.63) is 54.1 Å². The summed E-state index contributed by atoms with van der Waals surface area (Å²) in [5.41, 5.74) is 4.02. The number of H-pyrrole nitrogens is 1. The molecule has 146 valence electrons. The summed E-state index contributed by atoms with van der Waals surface area (Å²) in [5, 5.41) is 1.37. The molecule has 8 heteroatoms. The highest BCUT2D eigenvalue weighted by Crippen LogP contribution is 2.34. The summed E-state index contributed by atoms with van der Waals surface area (Å²) in [7, 11) is 0. The smallest absolute Gasteiger partial charge is 0.237 e. The number of fused-ring (bicyclic) bond motifs is 4. The number of carbonyl (C=O) groups excluding carboxylic acids is 1. The van der Waals surface area contributed by atoms with Crippen LogP contribution in [0.3, 0.4) is 0 Å². The average Bonchev–Trinajstić information content (AvgIpc) is 3.10. The van der Waals surface area contributed by atoms with Gasteiger partial charge in [-0.1, -0.05) is 17.8 Å². The summed E-state index contributed by atoms with van der Waals surface area (Å²) in [6.45, 7) is 2.97. The molecule has 1 aliphatic rings. The first kappa shape index (κ1) is 17.9. The lowest BCUT2D eigenvalue weighted by Gasteiger charge is -2.29. The van der Waals surface area contributed by atoms with Crippen LogP contribution in [-0.2, 0) is 4.79 Å². The van der Waals surface area contributed by atoms with Crippen molar-refractivity contribution in [1.82, 2.24) is 15.0 Å². The molecule has 0 spiro atoms. The third kappa shape index (κ3) is 3.19. The van der Waals surface area contributed by atoms with E-state index in [0.29, 0.717) is 34.6 Å². The predicted molar refractivity (Wildman–Crippen MR) is 111 cm³/mol. The summed E-state index contributed by atoms with van der Waals surface area (Å²) in [5.74, 6) is 0.618. The molecule has 0 radical (unpaired) electrons. The number of nitrogens with zero attached hydrogens (tertiary/aromatic N) is 3. The zero-order valence-electron chi connectivity index (χ0n) is 15.6. The van der Waals surface area contributed by atoms with Crippen molar-refractivity contribution < 1.29 is 13.9 Å². The zero-order chi connectivity index (χ0) is 20.0. The highest BCUT2D eigenvalue weighted by atomic mass is 32.2. The number of nitrogens with one attached hydrogen (secondary N) is 1. The van der Waals surface area contributed by atoms with Gasteiger partial charge < -0.3 is 14.6 Å². The van der Waals surface area contributed by atoms with Gasteiger partial charge in [-0.3, -0.25) is 4.79 Å². The number of halogens is 1. The van der Waals surface area contributed by atoms with Gasteiger partial charge in [0.2, 0.25) is 5.91 Å². The highest BCUT2D eigenvalue weighted by Gasteiger charge is 2.24. The lowest BCUT2D eigenvalue weighted by Crippen LogP contribution is -2.39. The Morgan fingerprint density at radius 2 is 2.17 bits per heavy atom. The standard InChI is InChI=1S/C21H17FN4O2S/c1-12-2-5-17-16(8-12)26(6-7-28-17)18(27)10-29-21-20-19(23-11-24-21)14-9-13(22)3-4-15(14)25-20/h2-5,8-9,11,25H,6-7,10H2,1H3. The van der Waals surface area contributed by atoms with Gasteiger partial charge in [-0.15, -0.1) is 0 Å². The van der Waals surface area contributed by atoms with Crippen LogP contribution in [0, 0.1) is 12.7 Å². The third-order valence-electron chi connectivity index (χ3n) is 4.92. The van der Waals surface area contributed by atoms with Crippen molar-refractivity contribution in [1.29, 1.82) is 0 Å². The zero-order valence-corrected chi connectivity index (χ0v) is 16.4. The summed E-state index contributed by atoms with van der Waals surface area (Å²) < 4.78 is 19.3. The number of hydrogen-bond donors (Lipinski definition) is 1. The van der Waals surface area contributed by atoms with E-state index in [9.17, 15) is 9.18 Å². The van der Waals surface area contributed by atoms with E-state index in [0.717, 1.165) is 22.5 Å². The number of aromatic nitrogens is 3. The van der Waals surface area contributed by atoms with Crippen molar-refractivity contribution in [3.8, 4) is 5.75 Å². The maximum Gasteiger partial charge on any atom is 0.237 e. The quantitative estimate of drug-likeness (QED) is 0.409. The second-order valence-corrected chi connectivity index (χ2v) is 7.84. The number of ether oxygens (including phenoxy) is 1. The third-order valence-corrected chi connectivity index (χ3v) is 5.89. The average molecular weight is 408 g/mol. The number of amides is 1. The van der Waals surface area contributed by atoms with Crippen molar-refractivity contribution in [3.63, 3.8) is 0 Å². The Kier molecular flexibility index (Phi) is 4.35. The van der Waals surface area contributed by atoms with Crippen molar-refractivity contribution in [2.24, 2.45) is 0 Å². The van der Waals surface area contributed by atoms with Crippen LogP contribution >= 0.6 is 11.8 Å². The molecule has 5 rings (SSSR count). The molecule has 0 bridgehead atoms. The van der Waals surface area contributed by atoms with E-state index in [-0.39, 0.29) is 17.5 Å². The lowest BCUT2D eigenvalue weighted by molar-refractivity contribution is -0.116. The molecule has 4 aromatic rings. The van der Waals surface area contributed by atoms with Crippen LogP contribution in [0.1, 0.15) is 5.56 Å². The topological polar surface area (TPSA) is 71.1 Å². The molecule has 0 fully saturated rings. The molecule has 0 unspecified atom stereocenters. The fourth-order valence-electron chi connectivity index (χ4n) is 3.55. The fourth-order valence-corrected chi connectivity index (χ4v) is 4.38. The first-order valence-corrected chi connectivity index (χ1v) is 10.2. The first-order chi connectivity index (χ1) is 14.1. The minimum absolute atomic E-state index is 0.0148. The van der Waals surface area contributed by atoms with Crippen LogP contribution in [0.4, 0.5) is 10.1 Å². The van der Waals surface area contributed by atoms with E-state index >= 15 is 0 Å². The Balaban J connectivity index is 1.42. The molecular weight excluding hydrogens is 391 g/mol. The number of aryl methyl sites for hydroxylation is 1. The van der Waals surface area contributed by atoms with E-state index in [1.807, 2.05) is 25.1 Å². The highest BCUT2D eigenvalue weighted by molar-refractivity contribution is 8.00. The van der Waals surface area contributed by atoms with E-state index in [2.05, 4.69) is 15.0 Å². The number of benzene rings is 2. The van der Waals surface area contributed by atoms with Crippen LogP contribution in [0.2, 0.25) is 0 Å². The number of rotatable bonds is 3. The Labute approximate surface area is 170 Å². The second kappa shape index (κ2) is 7.04. The van der Waals surface area contributed by atoms with E-state index in [1.54, 1.807) is 11.0 Å². The Hall–Kier alpha value is -3.13. The molecule has 3 heterocycles. The van der Waals surface area contributed by atoms with Gasteiger partial charge in [0, 0.05) is 10.9 Å². The lowest BCUT2D eigenvalue weighted by atomic mass is 10.1. The number of aromatic amines is 1. The van der Waals surface area contributed by atoms with Gasteiger partial charge in [0.15, 0.2) is 0 Å². The number of hydrogen-bond acceptors (Lipinski definition) is 5. The fraction of sp³-hybridized carbons (Fsp3) is 0.190. The monoisotopic (exact) mass is 408 g/mol. The van der Waals surface area contributed by atoms with Gasteiger partial charge in [0.1, 0.15) is 35.0 Å². The van der Waals surface area contributed by atoms with Gasteiger partial charge in [0.05, 0.1) is 23.5 Å². The van der Waals surface area contributed by atoms with Crippen LogP contribution in [-0.4, -0.2) is 39.8 Å². The largest absolute Gasteiger partial charge is 0.490 e. The van der Waals surface area contributed by atoms with Gasteiger partial charge >= 0.3 is 0 Å². The molecule has 2 aromatic heterocycles. The van der Waals surface area contributed by atoms with Gasteiger partial charge in [-0.2, -0.15) is 0 Å². The maximum atomic E-state index is 13.6. The number of thioether (sulfide) groups is 1. The van der Waals surface area contributed by atoms with Gasteiger partial charge in [0.25, 0.3) is 0 Å². The molecule has 29 heavy (non-hydrogen) atoms. The molecule has 0 saturated carbocycles. The predicted octanol–water partition coefficient (Wildman–Crippen LogP) is 4.08. The molecule has 0 aliphatic carbocycles. The molecule has 1 N–H and O–H groups in total. The minimum atomic E-state index is -0.317. The SMILES string of the molecule is Cc1ccc2c(c1)N(C(=O)CSc1ncnc3c1[nH]c1ccc(F)cc13)CCO2. The van der Waals surface area contributed by atoms with E-state index in [4.69, 9.17) is 4.74 Å². The molecule has 1 aliphatic heterocycles. The molecule has 2 aromatic carbocycles. The van der Waals surface area contributed by atoms with E-state index < -0.39 is 0 Å². The van der Waals surface area contributed by atoms with Crippen molar-refractivity contribution in [2.45, 2.75) is 11.9 Å². The molecule has 0 atom stereocenters. The van der Waals surface area contributed by atoms with Gasteiger partial charge in [-0.25, -0.2) is 14.4 Å². The number of anilines is 1. The summed E-state index contributed by atoms with van der Waals surface area (Å²) >= 11 is 1.34. The molecular formula is C21H17FN4O2S. The van der Waals surface area contributed by atoms with Crippen LogP contribution in [0.5, 0.6) is 5.75 Å². The maximum absolute atomic E-state index is 13.6. The summed E-state index contributed by atoms with van der Waals surface area (Å²) in [6, 6.07) is 10.4. The van der Waals surface area contributed by atoms with Crippen LogP contribution in [0.15, 0.2) is 47.8 Å². The van der Waals surface area contributed by atoms with E-state index in [1.165, 1.54) is 30.2 Å². The molecule has 0 saturated heterocycles. The second-order valence-electron chi connectivity index (χ2n) is 6.87. The summed E-state index contributed by atoms with van der Waals surface area (Å²) in [6.07, 6.45) is 1.45. The Morgan fingerprint density at radius 1 is 1.28 bits per heavy atom. The first-order valence-electron chi connectivity index (χ1n) is 9.19. The number of carbonyl (C=O) groups is 1. The van der Waals surface area contributed by atoms with Crippen molar-refractivity contribution >= 4 is 45.3 Å². The van der Waals surface area contributed by atoms with Gasteiger partial charge in [-0.05, 0) is 42.8 Å². The molecule has 1 amide bonds. The van der Waals surface area contributed by atoms with Crippen LogP contribution < -0.4 is 9.64 Å².